The zero-order valence-corrected chi connectivity index (χ0v) is 11.5. The molecule has 0 fully saturated rings. The molecule has 0 radical (unpaired) electrons. The fourth-order valence-electron chi connectivity index (χ4n) is 2.45. The summed E-state index contributed by atoms with van der Waals surface area (Å²) in [5.41, 5.74) is 1.58. The molecule has 0 bridgehead atoms. The van der Waals surface area contributed by atoms with Gasteiger partial charge in [-0.15, -0.1) is 0 Å². The zero-order chi connectivity index (χ0) is 15.0. The summed E-state index contributed by atoms with van der Waals surface area (Å²) in [7, 11) is 1.31. The van der Waals surface area contributed by atoms with Crippen LogP contribution in [0.25, 0.3) is 0 Å². The van der Waals surface area contributed by atoms with Gasteiger partial charge in [-0.1, -0.05) is 12.1 Å². The Morgan fingerprint density at radius 2 is 2.29 bits per heavy atom. The lowest BCUT2D eigenvalue weighted by molar-refractivity contribution is -0.136. The normalized spacial score (nSPS) is 17.2. The largest absolute Gasteiger partial charge is 0.466 e. The van der Waals surface area contributed by atoms with Crippen LogP contribution in [-0.2, 0) is 9.53 Å². The Morgan fingerprint density at radius 1 is 1.48 bits per heavy atom. The average Bonchev–Trinajstić information content (AvgIpc) is 2.92. The van der Waals surface area contributed by atoms with Crippen LogP contribution in [0.3, 0.4) is 0 Å². The van der Waals surface area contributed by atoms with Crippen LogP contribution in [0, 0.1) is 5.82 Å². The molecule has 2 aromatic rings. The number of rotatable bonds is 2. The number of halogens is 1. The van der Waals surface area contributed by atoms with E-state index >= 15 is 0 Å². The van der Waals surface area contributed by atoms with Crippen LogP contribution >= 0.6 is 0 Å². The van der Waals surface area contributed by atoms with Gasteiger partial charge in [0.15, 0.2) is 0 Å². The van der Waals surface area contributed by atoms with Gasteiger partial charge < -0.3 is 10.1 Å². The van der Waals surface area contributed by atoms with Gasteiger partial charge in [-0.05, 0) is 24.6 Å². The lowest BCUT2D eigenvalue weighted by Gasteiger charge is -2.27. The smallest absolute Gasteiger partial charge is 0.338 e. The van der Waals surface area contributed by atoms with Crippen molar-refractivity contribution < 1.29 is 13.9 Å². The van der Waals surface area contributed by atoms with E-state index in [2.05, 4.69) is 15.4 Å². The van der Waals surface area contributed by atoms with E-state index in [1.54, 1.807) is 19.1 Å². The maximum Gasteiger partial charge on any atom is 0.338 e. The molecule has 0 unspecified atom stereocenters. The summed E-state index contributed by atoms with van der Waals surface area (Å²) < 4.78 is 19.9. The lowest BCUT2D eigenvalue weighted by atomic mass is 9.96. The SMILES string of the molecule is COC(=O)C1=C(C)Nc2ncnn2[C@H]1c1cccc(F)c1. The van der Waals surface area contributed by atoms with Crippen LogP contribution in [-0.4, -0.2) is 27.8 Å². The van der Waals surface area contributed by atoms with E-state index in [0.29, 0.717) is 22.8 Å². The molecular weight excluding hydrogens is 275 g/mol. The van der Waals surface area contributed by atoms with Gasteiger partial charge in [-0.2, -0.15) is 10.1 Å². The first-order valence-electron chi connectivity index (χ1n) is 6.33. The minimum Gasteiger partial charge on any atom is -0.466 e. The monoisotopic (exact) mass is 288 g/mol. The average molecular weight is 288 g/mol. The van der Waals surface area contributed by atoms with E-state index in [1.807, 2.05) is 0 Å². The Morgan fingerprint density at radius 3 is 3.00 bits per heavy atom. The van der Waals surface area contributed by atoms with Crippen LogP contribution in [0.2, 0.25) is 0 Å². The molecule has 0 saturated heterocycles. The summed E-state index contributed by atoms with van der Waals surface area (Å²) in [5.74, 6) is -0.376. The van der Waals surface area contributed by atoms with Crippen molar-refractivity contribution in [2.45, 2.75) is 13.0 Å². The molecule has 2 heterocycles. The maximum atomic E-state index is 13.5. The second kappa shape index (κ2) is 5.01. The number of anilines is 1. The fourth-order valence-corrected chi connectivity index (χ4v) is 2.45. The molecule has 0 aliphatic carbocycles. The van der Waals surface area contributed by atoms with E-state index in [0.717, 1.165) is 0 Å². The van der Waals surface area contributed by atoms with Crippen LogP contribution in [0.4, 0.5) is 10.3 Å². The highest BCUT2D eigenvalue weighted by atomic mass is 19.1. The topological polar surface area (TPSA) is 69.0 Å². The van der Waals surface area contributed by atoms with E-state index in [4.69, 9.17) is 4.74 Å². The van der Waals surface area contributed by atoms with Crippen molar-refractivity contribution in [3.8, 4) is 0 Å². The van der Waals surface area contributed by atoms with Crippen molar-refractivity contribution >= 4 is 11.9 Å². The Labute approximate surface area is 120 Å². The van der Waals surface area contributed by atoms with E-state index in [1.165, 1.54) is 30.3 Å². The molecule has 6 nitrogen and oxygen atoms in total. The molecule has 7 heteroatoms. The van der Waals surface area contributed by atoms with Gasteiger partial charge in [0.2, 0.25) is 5.95 Å². The van der Waals surface area contributed by atoms with Gasteiger partial charge in [0, 0.05) is 5.70 Å². The summed E-state index contributed by atoms with van der Waals surface area (Å²) in [6.45, 7) is 1.75. The maximum absolute atomic E-state index is 13.5. The Bertz CT molecular complexity index is 738. The first-order valence-corrected chi connectivity index (χ1v) is 6.33. The molecule has 1 aromatic carbocycles. The summed E-state index contributed by atoms with van der Waals surface area (Å²) in [4.78, 5) is 16.2. The Kier molecular flexibility index (Phi) is 3.17. The Hall–Kier alpha value is -2.70. The molecule has 3 rings (SSSR count). The summed E-state index contributed by atoms with van der Waals surface area (Å²) >= 11 is 0. The molecule has 1 N–H and O–H groups in total. The number of esters is 1. The van der Waals surface area contributed by atoms with Crippen LogP contribution in [0.15, 0.2) is 41.9 Å². The standard InChI is InChI=1S/C14H13FN4O2/c1-8-11(13(20)21-2)12(9-4-3-5-10(15)6-9)19-14(18-8)16-7-17-19/h3-7,12H,1-2H3,(H,16,17,18)/t12-/m0/s1. The number of nitrogens with zero attached hydrogens (tertiary/aromatic N) is 3. The second-order valence-electron chi connectivity index (χ2n) is 4.64. The van der Waals surface area contributed by atoms with Gasteiger partial charge in [-0.3, -0.25) is 0 Å². The van der Waals surface area contributed by atoms with Gasteiger partial charge in [0.25, 0.3) is 0 Å². The van der Waals surface area contributed by atoms with E-state index in [9.17, 15) is 9.18 Å². The van der Waals surface area contributed by atoms with Crippen molar-refractivity contribution in [1.82, 2.24) is 14.8 Å². The van der Waals surface area contributed by atoms with Crippen molar-refractivity contribution in [2.75, 3.05) is 12.4 Å². The van der Waals surface area contributed by atoms with Gasteiger partial charge >= 0.3 is 5.97 Å². The number of carbonyl (C=O) groups excluding carboxylic acids is 1. The second-order valence-corrected chi connectivity index (χ2v) is 4.64. The molecule has 0 saturated carbocycles. The predicted molar refractivity (Wildman–Crippen MR) is 72.9 cm³/mol. The van der Waals surface area contributed by atoms with Crippen molar-refractivity contribution in [3.63, 3.8) is 0 Å². The van der Waals surface area contributed by atoms with Gasteiger partial charge in [-0.25, -0.2) is 13.9 Å². The summed E-state index contributed by atoms with van der Waals surface area (Å²) in [5, 5.41) is 7.12. The number of allylic oxidation sites excluding steroid dienone is 1. The minimum atomic E-state index is -0.577. The van der Waals surface area contributed by atoms with Crippen molar-refractivity contribution in [1.29, 1.82) is 0 Å². The molecule has 0 spiro atoms. The van der Waals surface area contributed by atoms with Crippen LogP contribution in [0.5, 0.6) is 0 Å². The third kappa shape index (κ3) is 2.16. The number of nitrogens with one attached hydrogen (secondary N) is 1. The van der Waals surface area contributed by atoms with Gasteiger partial charge in [0.05, 0.1) is 12.7 Å². The number of hydrogen-bond acceptors (Lipinski definition) is 5. The number of ether oxygens (including phenoxy) is 1. The molecule has 108 valence electrons. The van der Waals surface area contributed by atoms with E-state index < -0.39 is 12.0 Å². The first-order chi connectivity index (χ1) is 10.1. The highest BCUT2D eigenvalue weighted by Crippen LogP contribution is 2.35. The third-order valence-corrected chi connectivity index (χ3v) is 3.36. The number of fused-ring (bicyclic) bond motifs is 1. The molecule has 1 aliphatic rings. The minimum absolute atomic E-state index is 0.376. The van der Waals surface area contributed by atoms with Crippen molar-refractivity contribution in [2.24, 2.45) is 0 Å². The van der Waals surface area contributed by atoms with Crippen molar-refractivity contribution in [3.05, 3.63) is 53.2 Å². The highest BCUT2D eigenvalue weighted by molar-refractivity contribution is 5.92. The molecule has 1 atom stereocenters. The number of methoxy groups -OCH3 is 1. The first kappa shape index (κ1) is 13.3. The summed E-state index contributed by atoms with van der Waals surface area (Å²) in [6.07, 6.45) is 1.38. The number of benzene rings is 1. The summed E-state index contributed by atoms with van der Waals surface area (Å²) in [6, 6.07) is 5.47. The molecule has 21 heavy (non-hydrogen) atoms. The quantitative estimate of drug-likeness (QED) is 0.854. The third-order valence-electron chi connectivity index (χ3n) is 3.36. The molecular formula is C14H13FN4O2. The van der Waals surface area contributed by atoms with Crippen LogP contribution in [0.1, 0.15) is 18.5 Å². The number of carbonyl (C=O) groups is 1. The number of hydrogen-bond donors (Lipinski definition) is 1. The number of aromatic nitrogens is 3. The lowest BCUT2D eigenvalue weighted by Crippen LogP contribution is -2.29. The predicted octanol–water partition coefficient (Wildman–Crippen LogP) is 1.88. The molecule has 1 aromatic heterocycles. The van der Waals surface area contributed by atoms with E-state index in [-0.39, 0.29) is 5.82 Å². The van der Waals surface area contributed by atoms with Gasteiger partial charge in [0.1, 0.15) is 18.2 Å². The molecule has 0 amide bonds. The fraction of sp³-hybridized carbons (Fsp3) is 0.214. The zero-order valence-electron chi connectivity index (χ0n) is 11.5. The van der Waals surface area contributed by atoms with Crippen LogP contribution < -0.4 is 5.32 Å². The Balaban J connectivity index is 2.20. The molecule has 1 aliphatic heterocycles. The highest BCUT2D eigenvalue weighted by Gasteiger charge is 2.34.